The van der Waals surface area contributed by atoms with Gasteiger partial charge in [-0.1, -0.05) is 13.3 Å². The molecule has 0 aromatic rings. The van der Waals surface area contributed by atoms with E-state index in [-0.39, 0.29) is 0 Å². The molecule has 0 aromatic heterocycles. The summed E-state index contributed by atoms with van der Waals surface area (Å²) in [5, 5.41) is 0.481. The minimum atomic E-state index is 0.481. The molecule has 12 heavy (non-hydrogen) atoms. The number of halogens is 1. The normalized spacial score (nSPS) is 29.0. The monoisotopic (exact) mass is 189 g/mol. The first-order valence-electron chi connectivity index (χ1n) is 5.05. The van der Waals surface area contributed by atoms with Crippen molar-refractivity contribution in [3.05, 3.63) is 0 Å². The molecule has 2 heteroatoms. The molecule has 0 saturated heterocycles. The fourth-order valence-electron chi connectivity index (χ4n) is 1.76. The minimum Gasteiger partial charge on any atom is -0.306 e. The molecule has 1 rings (SSSR count). The van der Waals surface area contributed by atoms with E-state index in [9.17, 15) is 0 Å². The van der Waals surface area contributed by atoms with Crippen molar-refractivity contribution in [3.8, 4) is 0 Å². The molecule has 0 aliphatic heterocycles. The predicted molar refractivity (Wildman–Crippen MR) is 54.8 cm³/mol. The third-order valence-electron chi connectivity index (χ3n) is 2.64. The fraction of sp³-hybridized carbons (Fsp3) is 1.00. The van der Waals surface area contributed by atoms with Crippen molar-refractivity contribution in [1.82, 2.24) is 4.90 Å². The van der Waals surface area contributed by atoms with Crippen LogP contribution in [0.5, 0.6) is 0 Å². The Morgan fingerprint density at radius 3 is 2.58 bits per heavy atom. The van der Waals surface area contributed by atoms with Crippen LogP contribution < -0.4 is 0 Å². The highest BCUT2D eigenvalue weighted by molar-refractivity contribution is 6.21. The Morgan fingerprint density at radius 1 is 1.42 bits per heavy atom. The third-order valence-corrected chi connectivity index (χ3v) is 3.00. The Labute approximate surface area is 81.1 Å². The average Bonchev–Trinajstić information content (AvgIpc) is 1.98. The third kappa shape index (κ3) is 3.32. The van der Waals surface area contributed by atoms with Gasteiger partial charge in [-0.2, -0.15) is 0 Å². The van der Waals surface area contributed by atoms with Crippen molar-refractivity contribution in [1.29, 1.82) is 0 Å². The van der Waals surface area contributed by atoms with Crippen molar-refractivity contribution in [2.45, 2.75) is 38.0 Å². The van der Waals surface area contributed by atoms with Crippen LogP contribution in [0.4, 0.5) is 0 Å². The summed E-state index contributed by atoms with van der Waals surface area (Å²) in [5.41, 5.74) is 0. The maximum atomic E-state index is 5.91. The fourth-order valence-corrected chi connectivity index (χ4v) is 2.27. The van der Waals surface area contributed by atoms with Gasteiger partial charge in [-0.05, 0) is 38.8 Å². The van der Waals surface area contributed by atoms with Gasteiger partial charge >= 0.3 is 0 Å². The van der Waals surface area contributed by atoms with Crippen molar-refractivity contribution < 1.29 is 0 Å². The van der Waals surface area contributed by atoms with Crippen molar-refractivity contribution in [3.63, 3.8) is 0 Å². The lowest BCUT2D eigenvalue weighted by Crippen LogP contribution is -2.35. The summed E-state index contributed by atoms with van der Waals surface area (Å²) >= 11 is 5.91. The molecule has 0 radical (unpaired) electrons. The minimum absolute atomic E-state index is 0.481. The zero-order valence-electron chi connectivity index (χ0n) is 8.22. The van der Waals surface area contributed by atoms with Gasteiger partial charge in [0.1, 0.15) is 0 Å². The lowest BCUT2D eigenvalue weighted by atomic mass is 9.84. The molecule has 1 saturated carbocycles. The molecule has 1 aliphatic rings. The van der Waals surface area contributed by atoms with Crippen LogP contribution in [0.25, 0.3) is 0 Å². The largest absolute Gasteiger partial charge is 0.306 e. The van der Waals surface area contributed by atoms with Gasteiger partial charge in [0.2, 0.25) is 0 Å². The number of unbranched alkanes of at least 4 members (excludes halogenated alkanes) is 1. The topological polar surface area (TPSA) is 3.24 Å². The van der Waals surface area contributed by atoms with E-state index in [1.807, 2.05) is 0 Å². The molecule has 0 amide bonds. The molecule has 1 nitrogen and oxygen atoms in total. The number of rotatable bonds is 5. The highest BCUT2D eigenvalue weighted by Gasteiger charge is 2.27. The van der Waals surface area contributed by atoms with Crippen LogP contribution in [0.15, 0.2) is 0 Å². The molecule has 0 spiro atoms. The second kappa shape index (κ2) is 5.08. The SMILES string of the molecule is CCCCN(C)CC1CC(Cl)C1. The molecule has 0 unspecified atom stereocenters. The van der Waals surface area contributed by atoms with Crippen molar-refractivity contribution >= 4 is 11.6 Å². The van der Waals surface area contributed by atoms with Gasteiger partial charge in [0.05, 0.1) is 0 Å². The van der Waals surface area contributed by atoms with E-state index in [0.29, 0.717) is 5.38 Å². The van der Waals surface area contributed by atoms with E-state index in [1.165, 1.54) is 38.8 Å². The summed E-state index contributed by atoms with van der Waals surface area (Å²) in [5.74, 6) is 0.884. The van der Waals surface area contributed by atoms with E-state index in [0.717, 1.165) is 5.92 Å². The molecule has 72 valence electrons. The first kappa shape index (κ1) is 10.3. The first-order valence-corrected chi connectivity index (χ1v) is 5.48. The zero-order chi connectivity index (χ0) is 8.97. The number of hydrogen-bond donors (Lipinski definition) is 0. The van der Waals surface area contributed by atoms with Gasteiger partial charge < -0.3 is 4.90 Å². The van der Waals surface area contributed by atoms with Gasteiger partial charge in [-0.25, -0.2) is 0 Å². The van der Waals surface area contributed by atoms with Crippen LogP contribution in [-0.4, -0.2) is 30.4 Å². The molecular weight excluding hydrogens is 170 g/mol. The Balaban J connectivity index is 1.98. The molecule has 0 heterocycles. The van der Waals surface area contributed by atoms with E-state index in [4.69, 9.17) is 11.6 Å². The van der Waals surface area contributed by atoms with Gasteiger partial charge in [-0.3, -0.25) is 0 Å². The lowest BCUT2D eigenvalue weighted by Gasteiger charge is -2.34. The maximum absolute atomic E-state index is 5.91. The molecule has 0 aromatic carbocycles. The van der Waals surface area contributed by atoms with Crippen LogP contribution >= 0.6 is 11.6 Å². The summed E-state index contributed by atoms with van der Waals surface area (Å²) in [4.78, 5) is 2.44. The summed E-state index contributed by atoms with van der Waals surface area (Å²) < 4.78 is 0. The van der Waals surface area contributed by atoms with Crippen LogP contribution in [0.3, 0.4) is 0 Å². The highest BCUT2D eigenvalue weighted by Crippen LogP contribution is 2.32. The molecule has 1 aliphatic carbocycles. The lowest BCUT2D eigenvalue weighted by molar-refractivity contribution is 0.207. The second-order valence-electron chi connectivity index (χ2n) is 4.05. The average molecular weight is 190 g/mol. The first-order chi connectivity index (χ1) is 5.72. The molecule has 1 fully saturated rings. The van der Waals surface area contributed by atoms with Crippen molar-refractivity contribution in [2.75, 3.05) is 20.1 Å². The van der Waals surface area contributed by atoms with E-state index < -0.39 is 0 Å². The standard InChI is InChI=1S/C10H20ClN/c1-3-4-5-12(2)8-9-6-10(11)7-9/h9-10H,3-8H2,1-2H3. The van der Waals surface area contributed by atoms with Gasteiger partial charge in [0.25, 0.3) is 0 Å². The molecule has 0 bridgehead atoms. The van der Waals surface area contributed by atoms with Crippen LogP contribution in [0.1, 0.15) is 32.6 Å². The van der Waals surface area contributed by atoms with E-state index >= 15 is 0 Å². The molecule has 0 atom stereocenters. The number of alkyl halides is 1. The summed E-state index contributed by atoms with van der Waals surface area (Å²) in [6.45, 7) is 4.75. The predicted octanol–water partition coefficient (Wildman–Crippen LogP) is 2.74. The quantitative estimate of drug-likeness (QED) is 0.602. The Kier molecular flexibility index (Phi) is 4.38. The van der Waals surface area contributed by atoms with Crippen LogP contribution in [0, 0.1) is 5.92 Å². The van der Waals surface area contributed by atoms with Gasteiger partial charge in [-0.15, -0.1) is 11.6 Å². The summed E-state index contributed by atoms with van der Waals surface area (Å²) in [6, 6.07) is 0. The number of nitrogens with zero attached hydrogens (tertiary/aromatic N) is 1. The Morgan fingerprint density at radius 2 is 2.08 bits per heavy atom. The van der Waals surface area contributed by atoms with Crippen LogP contribution in [-0.2, 0) is 0 Å². The highest BCUT2D eigenvalue weighted by atomic mass is 35.5. The van der Waals surface area contributed by atoms with E-state index in [2.05, 4.69) is 18.9 Å². The van der Waals surface area contributed by atoms with E-state index in [1.54, 1.807) is 0 Å². The smallest absolute Gasteiger partial charge is 0.0342 e. The molecule has 0 N–H and O–H groups in total. The number of hydrogen-bond acceptors (Lipinski definition) is 1. The van der Waals surface area contributed by atoms with Gasteiger partial charge in [0.15, 0.2) is 0 Å². The summed E-state index contributed by atoms with van der Waals surface area (Å²) in [7, 11) is 2.22. The van der Waals surface area contributed by atoms with Crippen LogP contribution in [0.2, 0.25) is 0 Å². The van der Waals surface area contributed by atoms with Crippen molar-refractivity contribution in [2.24, 2.45) is 5.92 Å². The van der Waals surface area contributed by atoms with Gasteiger partial charge in [0, 0.05) is 11.9 Å². The zero-order valence-corrected chi connectivity index (χ0v) is 8.98. The molecular formula is C10H20ClN. The second-order valence-corrected chi connectivity index (χ2v) is 4.67. The maximum Gasteiger partial charge on any atom is 0.0342 e. The Bertz CT molecular complexity index is 121. The summed E-state index contributed by atoms with van der Waals surface area (Å²) in [6.07, 6.45) is 5.09. The Hall–Kier alpha value is 0.250.